The molecule has 1 aromatic carbocycles. The van der Waals surface area contributed by atoms with Crippen molar-refractivity contribution in [1.29, 1.82) is 0 Å². The molecule has 0 amide bonds. The van der Waals surface area contributed by atoms with E-state index in [0.29, 0.717) is 13.0 Å². The molecule has 0 fully saturated rings. The highest BCUT2D eigenvalue weighted by Gasteiger charge is 2.13. The summed E-state index contributed by atoms with van der Waals surface area (Å²) < 4.78 is 0. The van der Waals surface area contributed by atoms with E-state index in [-0.39, 0.29) is 5.78 Å². The first-order valence-electron chi connectivity index (χ1n) is 5.66. The third-order valence-corrected chi connectivity index (χ3v) is 3.03. The van der Waals surface area contributed by atoms with Crippen molar-refractivity contribution >= 4 is 5.78 Å². The SMILES string of the molecule is NCCCC(=O)c1ccc2c(c1)CCC2. The number of nitrogens with two attached hydrogens (primary N) is 1. The fraction of sp³-hybridized carbons (Fsp3) is 0.462. The van der Waals surface area contributed by atoms with E-state index in [1.54, 1.807) is 0 Å². The Morgan fingerprint density at radius 2 is 2.07 bits per heavy atom. The monoisotopic (exact) mass is 203 g/mol. The summed E-state index contributed by atoms with van der Waals surface area (Å²) >= 11 is 0. The van der Waals surface area contributed by atoms with Crippen LogP contribution in [0.2, 0.25) is 0 Å². The van der Waals surface area contributed by atoms with Gasteiger partial charge in [-0.15, -0.1) is 0 Å². The normalized spacial score (nSPS) is 13.9. The molecular formula is C13H17NO. The van der Waals surface area contributed by atoms with Crippen LogP contribution in [0.15, 0.2) is 18.2 Å². The van der Waals surface area contributed by atoms with Crippen LogP contribution in [0, 0.1) is 0 Å². The van der Waals surface area contributed by atoms with Crippen molar-refractivity contribution in [2.45, 2.75) is 32.1 Å². The number of aryl methyl sites for hydroxylation is 2. The summed E-state index contributed by atoms with van der Waals surface area (Å²) in [5, 5.41) is 0. The highest BCUT2D eigenvalue weighted by Crippen LogP contribution is 2.23. The lowest BCUT2D eigenvalue weighted by molar-refractivity contribution is 0.0980. The van der Waals surface area contributed by atoms with Crippen LogP contribution in [0.4, 0.5) is 0 Å². The van der Waals surface area contributed by atoms with Gasteiger partial charge in [0, 0.05) is 12.0 Å². The van der Waals surface area contributed by atoms with Gasteiger partial charge in [0.05, 0.1) is 0 Å². The fourth-order valence-electron chi connectivity index (χ4n) is 2.15. The second kappa shape index (κ2) is 4.58. The summed E-state index contributed by atoms with van der Waals surface area (Å²) in [6.45, 7) is 0.594. The molecule has 2 N–H and O–H groups in total. The lowest BCUT2D eigenvalue weighted by Crippen LogP contribution is -2.05. The van der Waals surface area contributed by atoms with Crippen LogP contribution in [-0.4, -0.2) is 12.3 Å². The standard InChI is InChI=1S/C13H17NO/c14-8-2-5-13(15)12-7-6-10-3-1-4-11(10)9-12/h6-7,9H,1-5,8,14H2. The largest absolute Gasteiger partial charge is 0.330 e. The number of hydrogen-bond donors (Lipinski definition) is 1. The minimum absolute atomic E-state index is 0.232. The minimum Gasteiger partial charge on any atom is -0.330 e. The van der Waals surface area contributed by atoms with Gasteiger partial charge in [-0.3, -0.25) is 4.79 Å². The molecule has 0 bridgehead atoms. The number of benzene rings is 1. The van der Waals surface area contributed by atoms with Crippen LogP contribution in [0.5, 0.6) is 0 Å². The van der Waals surface area contributed by atoms with Gasteiger partial charge in [0.2, 0.25) is 0 Å². The molecule has 1 aromatic rings. The molecule has 2 rings (SSSR count). The maximum Gasteiger partial charge on any atom is 0.162 e. The molecule has 0 heterocycles. The molecule has 0 spiro atoms. The van der Waals surface area contributed by atoms with E-state index in [2.05, 4.69) is 12.1 Å². The molecule has 1 aliphatic carbocycles. The van der Waals surface area contributed by atoms with Crippen LogP contribution >= 0.6 is 0 Å². The summed E-state index contributed by atoms with van der Waals surface area (Å²) in [6.07, 6.45) is 4.90. The minimum atomic E-state index is 0.232. The van der Waals surface area contributed by atoms with Crippen LogP contribution < -0.4 is 5.73 Å². The van der Waals surface area contributed by atoms with E-state index >= 15 is 0 Å². The molecular weight excluding hydrogens is 186 g/mol. The Balaban J connectivity index is 2.12. The average Bonchev–Trinajstić information content (AvgIpc) is 2.72. The first-order valence-corrected chi connectivity index (χ1v) is 5.66. The maximum absolute atomic E-state index is 11.7. The molecule has 0 aliphatic heterocycles. The Hall–Kier alpha value is -1.15. The summed E-state index contributed by atoms with van der Waals surface area (Å²) in [4.78, 5) is 11.7. The molecule has 0 aromatic heterocycles. The Bertz CT molecular complexity index is 371. The maximum atomic E-state index is 11.7. The Labute approximate surface area is 90.5 Å². The second-order valence-electron chi connectivity index (χ2n) is 4.15. The lowest BCUT2D eigenvalue weighted by Gasteiger charge is -2.03. The van der Waals surface area contributed by atoms with Crippen LogP contribution in [0.3, 0.4) is 0 Å². The number of hydrogen-bond acceptors (Lipinski definition) is 2. The second-order valence-corrected chi connectivity index (χ2v) is 4.15. The van der Waals surface area contributed by atoms with E-state index < -0.39 is 0 Å². The third kappa shape index (κ3) is 2.26. The van der Waals surface area contributed by atoms with Crippen LogP contribution in [0.1, 0.15) is 40.7 Å². The van der Waals surface area contributed by atoms with Crippen molar-refractivity contribution in [2.24, 2.45) is 5.73 Å². The van der Waals surface area contributed by atoms with E-state index in [9.17, 15) is 4.79 Å². The van der Waals surface area contributed by atoms with E-state index in [1.807, 2.05) is 6.07 Å². The highest BCUT2D eigenvalue weighted by atomic mass is 16.1. The van der Waals surface area contributed by atoms with E-state index in [0.717, 1.165) is 18.4 Å². The average molecular weight is 203 g/mol. The summed E-state index contributed by atoms with van der Waals surface area (Å²) in [7, 11) is 0. The fourth-order valence-corrected chi connectivity index (χ4v) is 2.15. The van der Waals surface area contributed by atoms with Crippen molar-refractivity contribution < 1.29 is 4.79 Å². The molecule has 0 radical (unpaired) electrons. The molecule has 1 aliphatic rings. The molecule has 0 saturated heterocycles. The number of rotatable bonds is 4. The predicted octanol–water partition coefficient (Wildman–Crippen LogP) is 2.10. The Morgan fingerprint density at radius 3 is 2.87 bits per heavy atom. The van der Waals surface area contributed by atoms with Gasteiger partial charge < -0.3 is 5.73 Å². The molecule has 0 saturated carbocycles. The zero-order valence-corrected chi connectivity index (χ0v) is 8.96. The zero-order valence-electron chi connectivity index (χ0n) is 8.96. The first kappa shape index (κ1) is 10.4. The first-order chi connectivity index (χ1) is 7.31. The van der Waals surface area contributed by atoms with Gasteiger partial charge in [0.1, 0.15) is 0 Å². The van der Waals surface area contributed by atoms with Crippen molar-refractivity contribution in [2.75, 3.05) is 6.54 Å². The number of Topliss-reactive ketones (excluding diaryl/α,β-unsaturated/α-hetero) is 1. The third-order valence-electron chi connectivity index (χ3n) is 3.03. The molecule has 80 valence electrons. The molecule has 2 nitrogen and oxygen atoms in total. The molecule has 0 atom stereocenters. The molecule has 2 heteroatoms. The zero-order chi connectivity index (χ0) is 10.7. The van der Waals surface area contributed by atoms with E-state index in [4.69, 9.17) is 5.73 Å². The van der Waals surface area contributed by atoms with Gasteiger partial charge in [0.25, 0.3) is 0 Å². The van der Waals surface area contributed by atoms with Crippen molar-refractivity contribution in [1.82, 2.24) is 0 Å². The van der Waals surface area contributed by atoms with Crippen molar-refractivity contribution in [3.05, 3.63) is 34.9 Å². The number of carbonyl (C=O) groups excluding carboxylic acids is 1. The van der Waals surface area contributed by atoms with Crippen LogP contribution in [-0.2, 0) is 12.8 Å². The number of fused-ring (bicyclic) bond motifs is 1. The Morgan fingerprint density at radius 1 is 1.27 bits per heavy atom. The van der Waals surface area contributed by atoms with Gasteiger partial charge in [-0.2, -0.15) is 0 Å². The predicted molar refractivity (Wildman–Crippen MR) is 61.1 cm³/mol. The highest BCUT2D eigenvalue weighted by molar-refractivity contribution is 5.96. The summed E-state index contributed by atoms with van der Waals surface area (Å²) in [6, 6.07) is 6.14. The van der Waals surface area contributed by atoms with Gasteiger partial charge in [-0.05, 0) is 49.4 Å². The lowest BCUT2D eigenvalue weighted by atomic mass is 10.0. The van der Waals surface area contributed by atoms with Gasteiger partial charge >= 0.3 is 0 Å². The topological polar surface area (TPSA) is 43.1 Å². The molecule has 15 heavy (non-hydrogen) atoms. The van der Waals surface area contributed by atoms with Crippen molar-refractivity contribution in [3.63, 3.8) is 0 Å². The van der Waals surface area contributed by atoms with E-state index in [1.165, 1.54) is 24.0 Å². The van der Waals surface area contributed by atoms with Crippen molar-refractivity contribution in [3.8, 4) is 0 Å². The quantitative estimate of drug-likeness (QED) is 0.761. The van der Waals surface area contributed by atoms with Crippen LogP contribution in [0.25, 0.3) is 0 Å². The number of ketones is 1. The van der Waals surface area contributed by atoms with Gasteiger partial charge in [-0.1, -0.05) is 12.1 Å². The van der Waals surface area contributed by atoms with Gasteiger partial charge in [-0.25, -0.2) is 0 Å². The molecule has 0 unspecified atom stereocenters. The Kier molecular flexibility index (Phi) is 3.17. The smallest absolute Gasteiger partial charge is 0.162 e. The van der Waals surface area contributed by atoms with Gasteiger partial charge in [0.15, 0.2) is 5.78 Å². The number of carbonyl (C=O) groups is 1. The summed E-state index contributed by atoms with van der Waals surface area (Å²) in [5.74, 6) is 0.232. The summed E-state index contributed by atoms with van der Waals surface area (Å²) in [5.41, 5.74) is 9.05.